The third-order valence-electron chi connectivity index (χ3n) is 1.68. The summed E-state index contributed by atoms with van der Waals surface area (Å²) in [5, 5.41) is 0. The summed E-state index contributed by atoms with van der Waals surface area (Å²) in [7, 11) is 1.78. The zero-order chi connectivity index (χ0) is 8.97. The summed E-state index contributed by atoms with van der Waals surface area (Å²) in [4.78, 5) is 12.5. The van der Waals surface area contributed by atoms with Crippen LogP contribution in [0.3, 0.4) is 0 Å². The normalized spacial score (nSPS) is 8.83. The molecular formula is C10H11NO. The molecule has 2 nitrogen and oxygen atoms in total. The highest BCUT2D eigenvalue weighted by atomic mass is 16.2. The average molecular weight is 161 g/mol. The third kappa shape index (κ3) is 2.28. The lowest BCUT2D eigenvalue weighted by Crippen LogP contribution is -2.22. The summed E-state index contributed by atoms with van der Waals surface area (Å²) in [6.07, 6.45) is 0. The van der Waals surface area contributed by atoms with Crippen LogP contribution in [0.15, 0.2) is 18.2 Å². The molecule has 12 heavy (non-hydrogen) atoms. The summed E-state index contributed by atoms with van der Waals surface area (Å²) >= 11 is 0. The highest BCUT2D eigenvalue weighted by molar-refractivity contribution is 5.72. The first kappa shape index (κ1) is 8.61. The summed E-state index contributed by atoms with van der Waals surface area (Å²) in [6.45, 7) is 2.19. The average Bonchev–Trinajstić information content (AvgIpc) is 2.06. The lowest BCUT2D eigenvalue weighted by molar-refractivity contribution is -0.128. The highest BCUT2D eigenvalue weighted by Gasteiger charge is 2.01. The minimum Gasteiger partial charge on any atom is -0.342 e. The van der Waals surface area contributed by atoms with Crippen LogP contribution in [-0.4, -0.2) is 17.9 Å². The molecule has 0 aromatic heterocycles. The Labute approximate surface area is 72.8 Å². The van der Waals surface area contributed by atoms with Crippen LogP contribution in [0.4, 0.5) is 0 Å². The van der Waals surface area contributed by atoms with E-state index in [9.17, 15) is 4.79 Å². The monoisotopic (exact) mass is 161 g/mol. The molecule has 0 aliphatic carbocycles. The molecule has 0 atom stereocenters. The van der Waals surface area contributed by atoms with Gasteiger partial charge in [-0.15, -0.1) is 0 Å². The molecule has 1 aromatic rings. The van der Waals surface area contributed by atoms with Gasteiger partial charge in [-0.3, -0.25) is 4.79 Å². The Balaban J connectivity index is 2.58. The van der Waals surface area contributed by atoms with E-state index in [0.717, 1.165) is 5.56 Å². The fraction of sp³-hybridized carbons (Fsp3) is 0.300. The molecule has 0 unspecified atom stereocenters. The first-order chi connectivity index (χ1) is 5.70. The second-order valence-corrected chi connectivity index (χ2v) is 2.72. The molecule has 0 aliphatic rings. The Bertz CT molecular complexity index is 256. The summed E-state index contributed by atoms with van der Waals surface area (Å²) in [5.74, 6) is 0.0721. The Morgan fingerprint density at radius 3 is 2.83 bits per heavy atom. The van der Waals surface area contributed by atoms with Gasteiger partial charge in [-0.2, -0.15) is 0 Å². The molecule has 0 aliphatic heterocycles. The van der Waals surface area contributed by atoms with Gasteiger partial charge in [0, 0.05) is 20.5 Å². The first-order valence-corrected chi connectivity index (χ1v) is 3.78. The van der Waals surface area contributed by atoms with E-state index in [-0.39, 0.29) is 5.91 Å². The van der Waals surface area contributed by atoms with E-state index in [4.69, 9.17) is 0 Å². The van der Waals surface area contributed by atoms with Crippen molar-refractivity contribution in [2.24, 2.45) is 0 Å². The molecule has 0 heterocycles. The van der Waals surface area contributed by atoms with Gasteiger partial charge in [0.05, 0.1) is 0 Å². The molecule has 0 bridgehead atoms. The van der Waals surface area contributed by atoms with Crippen molar-refractivity contribution >= 4 is 5.91 Å². The van der Waals surface area contributed by atoms with E-state index in [1.807, 2.05) is 12.1 Å². The van der Waals surface area contributed by atoms with Crippen LogP contribution in [0.25, 0.3) is 0 Å². The molecule has 62 valence electrons. The molecule has 1 aromatic carbocycles. The first-order valence-electron chi connectivity index (χ1n) is 3.78. The van der Waals surface area contributed by atoms with Crippen LogP contribution in [0, 0.1) is 12.1 Å². The Morgan fingerprint density at radius 2 is 2.33 bits per heavy atom. The standard InChI is InChI=1S/C10H11NO/c1-9(12)11(2)8-10-6-4-3-5-7-10/h4,6-7H,8H2,1-2H3. The minimum absolute atomic E-state index is 0.0721. The second kappa shape index (κ2) is 3.77. The van der Waals surface area contributed by atoms with Crippen LogP contribution >= 0.6 is 0 Å². The van der Waals surface area contributed by atoms with E-state index in [1.54, 1.807) is 24.9 Å². The number of rotatable bonds is 2. The zero-order valence-corrected chi connectivity index (χ0v) is 7.29. The van der Waals surface area contributed by atoms with E-state index >= 15 is 0 Å². The van der Waals surface area contributed by atoms with Crippen molar-refractivity contribution in [1.29, 1.82) is 0 Å². The Kier molecular flexibility index (Phi) is 2.71. The quantitative estimate of drug-likeness (QED) is 0.639. The third-order valence-corrected chi connectivity index (χ3v) is 1.68. The molecule has 1 amide bonds. The van der Waals surface area contributed by atoms with Gasteiger partial charge in [-0.25, -0.2) is 0 Å². The predicted octanol–water partition coefficient (Wildman–Crippen LogP) is 1.27. The molecule has 2 heteroatoms. The predicted molar refractivity (Wildman–Crippen MR) is 46.3 cm³/mol. The molecular weight excluding hydrogens is 150 g/mol. The van der Waals surface area contributed by atoms with Gasteiger partial charge in [-0.1, -0.05) is 12.1 Å². The van der Waals surface area contributed by atoms with E-state index in [1.165, 1.54) is 0 Å². The van der Waals surface area contributed by atoms with Gasteiger partial charge in [-0.05, 0) is 23.8 Å². The number of carbonyl (C=O) groups is 1. The van der Waals surface area contributed by atoms with Crippen LogP contribution < -0.4 is 0 Å². The van der Waals surface area contributed by atoms with Crippen molar-refractivity contribution in [3.8, 4) is 0 Å². The topological polar surface area (TPSA) is 20.3 Å². The Hall–Kier alpha value is -1.49. The van der Waals surface area contributed by atoms with Crippen molar-refractivity contribution < 1.29 is 4.79 Å². The molecule has 0 saturated carbocycles. The van der Waals surface area contributed by atoms with Gasteiger partial charge in [0.15, 0.2) is 0 Å². The Morgan fingerprint density at radius 1 is 1.58 bits per heavy atom. The highest BCUT2D eigenvalue weighted by Crippen LogP contribution is 1.99. The molecule has 0 saturated heterocycles. The molecule has 0 fully saturated rings. The van der Waals surface area contributed by atoms with Crippen molar-refractivity contribution in [3.05, 3.63) is 35.9 Å². The minimum atomic E-state index is 0.0721. The lowest BCUT2D eigenvalue weighted by atomic mass is 10.2. The van der Waals surface area contributed by atoms with Crippen LogP contribution in [0.5, 0.6) is 0 Å². The summed E-state index contributed by atoms with van der Waals surface area (Å²) in [6, 6.07) is 11.2. The van der Waals surface area contributed by atoms with Crippen molar-refractivity contribution in [2.75, 3.05) is 7.05 Å². The smallest absolute Gasteiger partial charge is 0.219 e. The number of amides is 1. The fourth-order valence-electron chi connectivity index (χ4n) is 0.863. The second-order valence-electron chi connectivity index (χ2n) is 2.72. The van der Waals surface area contributed by atoms with Gasteiger partial charge in [0.2, 0.25) is 5.91 Å². The molecule has 0 N–H and O–H groups in total. The largest absolute Gasteiger partial charge is 0.342 e. The van der Waals surface area contributed by atoms with E-state index in [0.29, 0.717) is 6.54 Å². The lowest BCUT2D eigenvalue weighted by Gasteiger charge is -2.13. The van der Waals surface area contributed by atoms with E-state index in [2.05, 4.69) is 12.1 Å². The number of carbonyl (C=O) groups excluding carboxylic acids is 1. The summed E-state index contributed by atoms with van der Waals surface area (Å²) < 4.78 is 0. The molecule has 0 spiro atoms. The van der Waals surface area contributed by atoms with Gasteiger partial charge in [0.1, 0.15) is 0 Å². The van der Waals surface area contributed by atoms with Crippen molar-refractivity contribution in [1.82, 2.24) is 4.90 Å². The number of hydrogen-bond acceptors (Lipinski definition) is 1. The molecule has 0 radical (unpaired) electrons. The van der Waals surface area contributed by atoms with Crippen LogP contribution in [0.2, 0.25) is 0 Å². The number of nitrogens with zero attached hydrogens (tertiary/aromatic N) is 1. The maximum absolute atomic E-state index is 10.9. The van der Waals surface area contributed by atoms with Crippen molar-refractivity contribution in [3.63, 3.8) is 0 Å². The number of hydrogen-bond donors (Lipinski definition) is 0. The van der Waals surface area contributed by atoms with Crippen LogP contribution in [0.1, 0.15) is 12.5 Å². The zero-order valence-electron chi connectivity index (χ0n) is 7.29. The summed E-state index contributed by atoms with van der Waals surface area (Å²) in [5.41, 5.74) is 1.08. The van der Waals surface area contributed by atoms with Gasteiger partial charge >= 0.3 is 0 Å². The SMILES string of the molecule is CC(=O)N(C)Cc1cc#ccc1. The van der Waals surface area contributed by atoms with Gasteiger partial charge < -0.3 is 4.90 Å². The fourth-order valence-corrected chi connectivity index (χ4v) is 0.863. The van der Waals surface area contributed by atoms with Crippen LogP contribution in [-0.2, 0) is 11.3 Å². The maximum atomic E-state index is 10.9. The molecule has 1 rings (SSSR count). The van der Waals surface area contributed by atoms with Crippen molar-refractivity contribution in [2.45, 2.75) is 13.5 Å². The maximum Gasteiger partial charge on any atom is 0.219 e. The van der Waals surface area contributed by atoms with Gasteiger partial charge in [0.25, 0.3) is 0 Å². The van der Waals surface area contributed by atoms with E-state index < -0.39 is 0 Å².